The first-order valence-corrected chi connectivity index (χ1v) is 10.0. The summed E-state index contributed by atoms with van der Waals surface area (Å²) in [6, 6.07) is 0. The fourth-order valence-electron chi connectivity index (χ4n) is 2.33. The Bertz CT molecular complexity index is 511. The van der Waals surface area contributed by atoms with E-state index in [1.807, 2.05) is 0 Å². The van der Waals surface area contributed by atoms with Crippen LogP contribution in [0.1, 0.15) is 25.7 Å². The Morgan fingerprint density at radius 3 is 1.16 bits per heavy atom. The zero-order valence-electron chi connectivity index (χ0n) is 18.4. The Kier molecular flexibility index (Phi) is 16.1. The number of nitrogens with one attached hydrogen (secondary N) is 2. The molecule has 0 aliphatic carbocycles. The molecule has 0 aromatic carbocycles. The predicted octanol–water partition coefficient (Wildman–Crippen LogP) is -1.94. The molecule has 0 aromatic rings. The molecule has 0 saturated carbocycles. The van der Waals surface area contributed by atoms with E-state index >= 15 is 0 Å². The van der Waals surface area contributed by atoms with Crippen molar-refractivity contribution in [3.05, 3.63) is 0 Å². The van der Waals surface area contributed by atoms with Gasteiger partial charge in [-0.2, -0.15) is 0 Å². The first-order chi connectivity index (χ1) is 14.7. The maximum Gasteiger partial charge on any atom is 0.222 e. The minimum atomic E-state index is -0.805. The zero-order valence-corrected chi connectivity index (χ0v) is 18.4. The molecule has 12 nitrogen and oxygen atoms in total. The molecule has 0 unspecified atom stereocenters. The number of nitrogens with two attached hydrogens (primary N) is 2. The minimum absolute atomic E-state index is 0.0493. The van der Waals surface area contributed by atoms with Gasteiger partial charge in [-0.3, -0.25) is 19.2 Å². The van der Waals surface area contributed by atoms with Gasteiger partial charge < -0.3 is 41.0 Å². The van der Waals surface area contributed by atoms with Gasteiger partial charge in [0.25, 0.3) is 0 Å². The van der Waals surface area contributed by atoms with Crippen LogP contribution in [0.5, 0.6) is 0 Å². The van der Waals surface area contributed by atoms with Crippen molar-refractivity contribution in [2.24, 2.45) is 16.9 Å². The van der Waals surface area contributed by atoms with Gasteiger partial charge in [-0.1, -0.05) is 0 Å². The summed E-state index contributed by atoms with van der Waals surface area (Å²) in [4.78, 5) is 44.7. The van der Waals surface area contributed by atoms with E-state index in [4.69, 9.17) is 30.4 Å². The molecule has 0 aliphatic rings. The van der Waals surface area contributed by atoms with E-state index in [1.165, 1.54) is 14.1 Å². The van der Waals surface area contributed by atoms with Crippen LogP contribution < -0.4 is 22.1 Å². The Hall–Kier alpha value is -2.28. The maximum absolute atomic E-state index is 11.4. The van der Waals surface area contributed by atoms with Crippen molar-refractivity contribution < 1.29 is 38.1 Å². The summed E-state index contributed by atoms with van der Waals surface area (Å²) in [6.45, 7) is 1.01. The quantitative estimate of drug-likeness (QED) is 0.155. The van der Waals surface area contributed by atoms with Crippen LogP contribution in [0.4, 0.5) is 0 Å². The summed E-state index contributed by atoms with van der Waals surface area (Å²) in [5.41, 5.74) is 9.47. The Morgan fingerprint density at radius 2 is 0.903 bits per heavy atom. The minimum Gasteiger partial charge on any atom is -0.380 e. The van der Waals surface area contributed by atoms with Gasteiger partial charge in [-0.05, 0) is 0 Å². The third kappa shape index (κ3) is 16.1. The van der Waals surface area contributed by atoms with Crippen LogP contribution in [-0.4, -0.2) is 90.6 Å². The van der Waals surface area contributed by atoms with Crippen LogP contribution >= 0.6 is 0 Å². The zero-order chi connectivity index (χ0) is 23.5. The number of amides is 4. The first-order valence-electron chi connectivity index (χ1n) is 10.0. The third-order valence-electron chi connectivity index (χ3n) is 4.12. The molecule has 0 spiro atoms. The summed E-state index contributed by atoms with van der Waals surface area (Å²) in [5, 5.41) is 5.01. The van der Waals surface area contributed by atoms with Crippen molar-refractivity contribution in [3.8, 4) is 0 Å². The Labute approximate surface area is 182 Å². The largest absolute Gasteiger partial charge is 0.380 e. The summed E-state index contributed by atoms with van der Waals surface area (Å²) < 4.78 is 22.5. The molecule has 0 heterocycles. The van der Waals surface area contributed by atoms with Crippen molar-refractivity contribution in [3.63, 3.8) is 0 Å². The van der Waals surface area contributed by atoms with E-state index in [-0.39, 0.29) is 90.4 Å². The maximum atomic E-state index is 11.4. The van der Waals surface area contributed by atoms with Gasteiger partial charge in [0.15, 0.2) is 0 Å². The van der Waals surface area contributed by atoms with Crippen molar-refractivity contribution >= 4 is 23.6 Å². The lowest BCUT2D eigenvalue weighted by molar-refractivity contribution is -0.127. The smallest absolute Gasteiger partial charge is 0.222 e. The van der Waals surface area contributed by atoms with E-state index in [9.17, 15) is 19.2 Å². The highest BCUT2D eigenvalue weighted by molar-refractivity contribution is 5.76. The molecule has 0 radical (unpaired) electrons. The molecule has 0 aliphatic heterocycles. The summed E-state index contributed by atoms with van der Waals surface area (Å²) >= 11 is 0. The van der Waals surface area contributed by atoms with Gasteiger partial charge in [0.05, 0.1) is 58.3 Å². The average Bonchev–Trinajstić information content (AvgIpc) is 2.73. The van der Waals surface area contributed by atoms with Crippen LogP contribution in [0.2, 0.25) is 0 Å². The molecule has 0 fully saturated rings. The van der Waals surface area contributed by atoms with Gasteiger partial charge >= 0.3 is 0 Å². The van der Waals surface area contributed by atoms with E-state index in [0.717, 1.165) is 0 Å². The van der Waals surface area contributed by atoms with E-state index < -0.39 is 17.2 Å². The molecule has 31 heavy (non-hydrogen) atoms. The number of rotatable bonds is 20. The summed E-state index contributed by atoms with van der Waals surface area (Å²) in [6.07, 6.45) is 0.450. The highest BCUT2D eigenvalue weighted by Gasteiger charge is 2.33. The van der Waals surface area contributed by atoms with Crippen molar-refractivity contribution in [2.75, 3.05) is 67.0 Å². The Balaban J connectivity index is 5.01. The average molecular weight is 449 g/mol. The second kappa shape index (κ2) is 17.4. The summed E-state index contributed by atoms with van der Waals surface area (Å²) in [5.74, 6) is -1.32. The second-order valence-corrected chi connectivity index (χ2v) is 6.99. The fraction of sp³-hybridized carbons (Fsp3) is 0.789. The van der Waals surface area contributed by atoms with Crippen LogP contribution in [0.25, 0.3) is 0 Å². The number of carbonyl (C=O) groups is 4. The van der Waals surface area contributed by atoms with Gasteiger partial charge in [0, 0.05) is 39.8 Å². The lowest BCUT2D eigenvalue weighted by atomic mass is 9.92. The molecular weight excluding hydrogens is 412 g/mol. The van der Waals surface area contributed by atoms with Gasteiger partial charge in [0.1, 0.15) is 0 Å². The van der Waals surface area contributed by atoms with Gasteiger partial charge in [-0.25, -0.2) is 0 Å². The number of primary amides is 2. The van der Waals surface area contributed by atoms with Crippen LogP contribution in [-0.2, 0) is 38.1 Å². The summed E-state index contributed by atoms with van der Waals surface area (Å²) in [7, 11) is 3.07. The molecule has 0 atom stereocenters. The number of ether oxygens (including phenoxy) is 4. The molecule has 0 aromatic heterocycles. The van der Waals surface area contributed by atoms with Gasteiger partial charge in [0.2, 0.25) is 23.6 Å². The normalized spacial score (nSPS) is 11.2. The third-order valence-corrected chi connectivity index (χ3v) is 4.12. The SMILES string of the molecule is CNC(=O)CCOCC(COCCC(N)=O)(COCCC(N)=O)COCCC(=O)NC. The van der Waals surface area contributed by atoms with Crippen LogP contribution in [0, 0.1) is 5.41 Å². The highest BCUT2D eigenvalue weighted by Crippen LogP contribution is 2.21. The second-order valence-electron chi connectivity index (χ2n) is 6.99. The van der Waals surface area contributed by atoms with Crippen molar-refractivity contribution in [1.82, 2.24) is 10.6 Å². The lowest BCUT2D eigenvalue weighted by Crippen LogP contribution is -2.42. The highest BCUT2D eigenvalue weighted by atomic mass is 16.5. The lowest BCUT2D eigenvalue weighted by Gasteiger charge is -2.33. The number of hydrogen-bond acceptors (Lipinski definition) is 8. The van der Waals surface area contributed by atoms with Gasteiger partial charge in [-0.15, -0.1) is 0 Å². The molecule has 0 saturated heterocycles. The van der Waals surface area contributed by atoms with Crippen LogP contribution in [0.3, 0.4) is 0 Å². The number of hydrogen-bond donors (Lipinski definition) is 4. The molecule has 0 bridgehead atoms. The molecule has 12 heteroatoms. The number of carbonyl (C=O) groups excluding carboxylic acids is 4. The predicted molar refractivity (Wildman–Crippen MR) is 111 cm³/mol. The fourth-order valence-corrected chi connectivity index (χ4v) is 2.33. The molecule has 0 rings (SSSR count). The van der Waals surface area contributed by atoms with Crippen LogP contribution in [0.15, 0.2) is 0 Å². The monoisotopic (exact) mass is 448 g/mol. The molecule has 4 amide bonds. The Morgan fingerprint density at radius 1 is 0.613 bits per heavy atom. The standard InChI is InChI=1S/C19H36N4O8/c1-22-17(26)5-9-30-13-19(11-28-7-3-15(20)24,12-29-8-4-16(21)25)14-31-10-6-18(27)23-2/h3-14H2,1-2H3,(H2,20,24)(H2,21,25)(H,22,26)(H,23,27). The van der Waals surface area contributed by atoms with E-state index in [1.54, 1.807) is 0 Å². The van der Waals surface area contributed by atoms with Crippen molar-refractivity contribution in [1.29, 1.82) is 0 Å². The molecular formula is C19H36N4O8. The molecule has 180 valence electrons. The first kappa shape index (κ1) is 28.7. The van der Waals surface area contributed by atoms with Crippen molar-refractivity contribution in [2.45, 2.75) is 25.7 Å². The van der Waals surface area contributed by atoms with E-state index in [2.05, 4.69) is 10.6 Å². The molecule has 6 N–H and O–H groups in total. The van der Waals surface area contributed by atoms with E-state index in [0.29, 0.717) is 0 Å². The topological polar surface area (TPSA) is 181 Å².